The predicted octanol–water partition coefficient (Wildman–Crippen LogP) is 1.22. The number of halogens is 2. The third-order valence-electron chi connectivity index (χ3n) is 2.09. The number of nitrogens with one attached hydrogen (secondary N) is 1. The van der Waals surface area contributed by atoms with E-state index >= 15 is 0 Å². The lowest BCUT2D eigenvalue weighted by Crippen LogP contribution is -2.29. The van der Waals surface area contributed by atoms with Gasteiger partial charge in [0.1, 0.15) is 9.92 Å². The summed E-state index contributed by atoms with van der Waals surface area (Å²) >= 11 is 5.75. The van der Waals surface area contributed by atoms with Crippen molar-refractivity contribution in [2.75, 3.05) is 13.1 Å². The van der Waals surface area contributed by atoms with Gasteiger partial charge in [0.25, 0.3) is 5.69 Å². The van der Waals surface area contributed by atoms with Gasteiger partial charge in [0, 0.05) is 19.2 Å². The van der Waals surface area contributed by atoms with Crippen LogP contribution in [-0.4, -0.2) is 26.4 Å². The lowest BCUT2D eigenvalue weighted by atomic mass is 10.2. The van der Waals surface area contributed by atoms with Crippen LogP contribution in [0.2, 0.25) is 5.02 Å². The van der Waals surface area contributed by atoms with E-state index in [1.165, 1.54) is 12.1 Å². The predicted molar refractivity (Wildman–Crippen MR) is 74.3 cm³/mol. The van der Waals surface area contributed by atoms with Crippen molar-refractivity contribution in [2.45, 2.75) is 11.8 Å². The van der Waals surface area contributed by atoms with Crippen LogP contribution in [0, 0.1) is 17.0 Å². The molecule has 0 saturated heterocycles. The van der Waals surface area contributed by atoms with Gasteiger partial charge in [-0.2, -0.15) is 0 Å². The number of hydrogen-bond acceptors (Lipinski definition) is 5. The summed E-state index contributed by atoms with van der Waals surface area (Å²) in [5.41, 5.74) is 5.18. The van der Waals surface area contributed by atoms with Gasteiger partial charge in [-0.1, -0.05) is 11.6 Å². The van der Waals surface area contributed by atoms with Crippen molar-refractivity contribution in [3.05, 3.63) is 32.8 Å². The molecule has 0 aliphatic carbocycles. The molecule has 0 spiro atoms. The molecule has 0 amide bonds. The second kappa shape index (κ2) is 7.01. The van der Waals surface area contributed by atoms with Gasteiger partial charge in [-0.3, -0.25) is 10.1 Å². The number of nitro benzene ring substituents is 1. The van der Waals surface area contributed by atoms with Gasteiger partial charge in [0.15, 0.2) is 0 Å². The highest BCUT2D eigenvalue weighted by Gasteiger charge is 2.25. The molecule has 0 aliphatic rings. The van der Waals surface area contributed by atoms with E-state index in [1.54, 1.807) is 6.92 Å². The minimum absolute atomic E-state index is 0. The highest BCUT2D eigenvalue weighted by atomic mass is 35.5. The Hall–Kier alpha value is -0.930. The third kappa shape index (κ3) is 4.29. The standard InChI is InChI=1S/C9H12ClN3O4S.ClH/c1-6-4-7(13(14)15)9(10)8(5-6)18(16,17)12-3-2-11;/h4-5,12H,2-3,11H2,1H3;1H. The SMILES string of the molecule is Cc1cc([N+](=O)[O-])c(Cl)c(S(=O)(=O)NCCN)c1.Cl. The van der Waals surface area contributed by atoms with Gasteiger partial charge < -0.3 is 5.73 Å². The highest BCUT2D eigenvalue weighted by molar-refractivity contribution is 7.89. The van der Waals surface area contributed by atoms with Crippen LogP contribution in [0.3, 0.4) is 0 Å². The van der Waals surface area contributed by atoms with Crippen LogP contribution in [-0.2, 0) is 10.0 Å². The molecule has 0 atom stereocenters. The molecule has 0 unspecified atom stereocenters. The fraction of sp³-hybridized carbons (Fsp3) is 0.333. The average Bonchev–Trinajstić information content (AvgIpc) is 2.28. The van der Waals surface area contributed by atoms with E-state index in [0.717, 1.165) is 0 Å². The maximum Gasteiger partial charge on any atom is 0.289 e. The molecular formula is C9H13Cl2N3O4S. The number of benzene rings is 1. The molecule has 10 heteroatoms. The Bertz CT molecular complexity index is 577. The smallest absolute Gasteiger partial charge is 0.289 e. The number of nitrogens with zero attached hydrogens (tertiary/aromatic N) is 1. The van der Waals surface area contributed by atoms with E-state index in [1.807, 2.05) is 0 Å². The molecule has 0 saturated carbocycles. The quantitative estimate of drug-likeness (QED) is 0.622. The van der Waals surface area contributed by atoms with Crippen LogP contribution in [0.1, 0.15) is 5.56 Å². The summed E-state index contributed by atoms with van der Waals surface area (Å²) in [6, 6.07) is 2.48. The molecule has 0 bridgehead atoms. The summed E-state index contributed by atoms with van der Waals surface area (Å²) in [6.45, 7) is 1.69. The van der Waals surface area contributed by atoms with Crippen LogP contribution < -0.4 is 10.5 Å². The van der Waals surface area contributed by atoms with E-state index in [2.05, 4.69) is 4.72 Å². The molecule has 0 radical (unpaired) electrons. The molecule has 19 heavy (non-hydrogen) atoms. The Morgan fingerprint density at radius 1 is 1.47 bits per heavy atom. The molecule has 7 nitrogen and oxygen atoms in total. The van der Waals surface area contributed by atoms with E-state index in [4.69, 9.17) is 17.3 Å². The Balaban J connectivity index is 0.00000324. The van der Waals surface area contributed by atoms with Gasteiger partial charge in [-0.05, 0) is 18.6 Å². The molecule has 0 fully saturated rings. The number of nitrogens with two attached hydrogens (primary N) is 1. The second-order valence-corrected chi connectivity index (χ2v) is 5.65. The van der Waals surface area contributed by atoms with Crippen molar-refractivity contribution in [3.8, 4) is 0 Å². The molecule has 108 valence electrons. The topological polar surface area (TPSA) is 115 Å². The Morgan fingerprint density at radius 3 is 2.53 bits per heavy atom. The van der Waals surface area contributed by atoms with Gasteiger partial charge in [-0.25, -0.2) is 13.1 Å². The maximum absolute atomic E-state index is 11.9. The van der Waals surface area contributed by atoms with Crippen molar-refractivity contribution in [2.24, 2.45) is 5.73 Å². The summed E-state index contributed by atoms with van der Waals surface area (Å²) < 4.78 is 25.9. The summed E-state index contributed by atoms with van der Waals surface area (Å²) in [5, 5.41) is 10.3. The summed E-state index contributed by atoms with van der Waals surface area (Å²) in [6.07, 6.45) is 0. The number of rotatable bonds is 5. The lowest BCUT2D eigenvalue weighted by Gasteiger charge is -2.08. The molecule has 3 N–H and O–H groups in total. The van der Waals surface area contributed by atoms with Crippen molar-refractivity contribution in [1.29, 1.82) is 0 Å². The summed E-state index contributed by atoms with van der Waals surface area (Å²) in [7, 11) is -3.90. The average molecular weight is 330 g/mol. The summed E-state index contributed by atoms with van der Waals surface area (Å²) in [5.74, 6) is 0. The van der Waals surface area contributed by atoms with E-state index in [-0.39, 0.29) is 30.4 Å². The van der Waals surface area contributed by atoms with E-state index in [9.17, 15) is 18.5 Å². The number of aryl methyl sites for hydroxylation is 1. The van der Waals surface area contributed by atoms with Crippen molar-refractivity contribution in [3.63, 3.8) is 0 Å². The minimum atomic E-state index is -3.90. The van der Waals surface area contributed by atoms with Gasteiger partial charge >= 0.3 is 0 Å². The van der Waals surface area contributed by atoms with Crippen LogP contribution in [0.4, 0.5) is 5.69 Å². The normalized spacial score (nSPS) is 10.9. The first kappa shape index (κ1) is 18.1. The fourth-order valence-electron chi connectivity index (χ4n) is 1.32. The first-order valence-electron chi connectivity index (χ1n) is 4.94. The number of hydrogen-bond donors (Lipinski definition) is 2. The zero-order valence-corrected chi connectivity index (χ0v) is 12.3. The number of sulfonamides is 1. The molecule has 1 aromatic carbocycles. The Morgan fingerprint density at radius 2 is 2.05 bits per heavy atom. The van der Waals surface area contributed by atoms with Crippen LogP contribution in [0.15, 0.2) is 17.0 Å². The monoisotopic (exact) mass is 329 g/mol. The van der Waals surface area contributed by atoms with Gasteiger partial charge in [0.2, 0.25) is 10.0 Å². The molecule has 1 aromatic rings. The fourth-order valence-corrected chi connectivity index (χ4v) is 3.02. The van der Waals surface area contributed by atoms with E-state index < -0.39 is 25.7 Å². The van der Waals surface area contributed by atoms with Crippen molar-refractivity contribution in [1.82, 2.24) is 4.72 Å². The molecule has 0 aliphatic heterocycles. The third-order valence-corrected chi connectivity index (χ3v) is 4.08. The van der Waals surface area contributed by atoms with Gasteiger partial charge in [0.05, 0.1) is 4.92 Å². The zero-order chi connectivity index (χ0) is 13.9. The van der Waals surface area contributed by atoms with Crippen molar-refractivity contribution >= 4 is 39.7 Å². The van der Waals surface area contributed by atoms with Crippen LogP contribution in [0.25, 0.3) is 0 Å². The Kier molecular flexibility index (Phi) is 6.67. The maximum atomic E-state index is 11.9. The minimum Gasteiger partial charge on any atom is -0.329 e. The first-order chi connectivity index (χ1) is 8.29. The first-order valence-corrected chi connectivity index (χ1v) is 6.80. The number of nitro groups is 1. The summed E-state index contributed by atoms with van der Waals surface area (Å²) in [4.78, 5) is 9.71. The molecule has 1 rings (SSSR count). The lowest BCUT2D eigenvalue weighted by molar-refractivity contribution is -0.385. The second-order valence-electron chi connectivity index (χ2n) is 3.54. The molecular weight excluding hydrogens is 317 g/mol. The van der Waals surface area contributed by atoms with Crippen molar-refractivity contribution < 1.29 is 13.3 Å². The molecule has 0 aromatic heterocycles. The largest absolute Gasteiger partial charge is 0.329 e. The zero-order valence-electron chi connectivity index (χ0n) is 9.92. The van der Waals surface area contributed by atoms with Crippen LogP contribution in [0.5, 0.6) is 0 Å². The van der Waals surface area contributed by atoms with Gasteiger partial charge in [-0.15, -0.1) is 12.4 Å². The molecule has 0 heterocycles. The van der Waals surface area contributed by atoms with Crippen LogP contribution >= 0.6 is 24.0 Å². The highest BCUT2D eigenvalue weighted by Crippen LogP contribution is 2.32. The van der Waals surface area contributed by atoms with E-state index in [0.29, 0.717) is 5.56 Å². The Labute approximate surface area is 121 Å².